The highest BCUT2D eigenvalue weighted by Gasteiger charge is 2.22. The summed E-state index contributed by atoms with van der Waals surface area (Å²) in [6.45, 7) is 12.1. The summed E-state index contributed by atoms with van der Waals surface area (Å²) in [6.07, 6.45) is 5.07. The van der Waals surface area contributed by atoms with Crippen molar-refractivity contribution in [2.75, 3.05) is 6.54 Å². The summed E-state index contributed by atoms with van der Waals surface area (Å²) in [7, 11) is 0. The van der Waals surface area contributed by atoms with Gasteiger partial charge in [0.2, 0.25) is 5.91 Å². The lowest BCUT2D eigenvalue weighted by atomic mass is 10.1. The van der Waals surface area contributed by atoms with Gasteiger partial charge in [-0.15, -0.1) is 6.58 Å². The quantitative estimate of drug-likeness (QED) is 0.483. The normalized spacial score (nSPS) is 11.7. The van der Waals surface area contributed by atoms with Gasteiger partial charge in [0.1, 0.15) is 0 Å². The van der Waals surface area contributed by atoms with Crippen molar-refractivity contribution in [2.45, 2.75) is 33.2 Å². The Kier molecular flexibility index (Phi) is 4.46. The molecule has 1 amide bonds. The van der Waals surface area contributed by atoms with Crippen LogP contribution in [0.1, 0.15) is 27.7 Å². The predicted molar refractivity (Wildman–Crippen MR) is 56.5 cm³/mol. The molecule has 0 fully saturated rings. The number of allylic oxidation sites excluding steroid dienone is 1. The molecule has 0 aliphatic heterocycles. The predicted octanol–water partition coefficient (Wildman–Crippen LogP) is 2.38. The molecule has 0 aliphatic rings. The fourth-order valence-corrected chi connectivity index (χ4v) is 1.06. The molecule has 0 saturated heterocycles. The van der Waals surface area contributed by atoms with E-state index in [2.05, 4.69) is 6.58 Å². The van der Waals surface area contributed by atoms with Gasteiger partial charge < -0.3 is 4.90 Å². The Bertz CT molecular complexity index is 211. The third kappa shape index (κ3) is 3.92. The first-order valence-corrected chi connectivity index (χ1v) is 4.48. The molecular formula is C11H19NO. The number of amides is 1. The van der Waals surface area contributed by atoms with Crippen LogP contribution in [0.2, 0.25) is 0 Å². The van der Waals surface area contributed by atoms with Crippen LogP contribution in [0.5, 0.6) is 0 Å². The van der Waals surface area contributed by atoms with Gasteiger partial charge in [-0.25, -0.2) is 0 Å². The molecule has 0 aromatic heterocycles. The molecule has 0 unspecified atom stereocenters. The van der Waals surface area contributed by atoms with Crippen LogP contribution in [0.25, 0.3) is 0 Å². The van der Waals surface area contributed by atoms with Gasteiger partial charge in [-0.3, -0.25) is 4.79 Å². The topological polar surface area (TPSA) is 20.3 Å². The van der Waals surface area contributed by atoms with Gasteiger partial charge in [-0.2, -0.15) is 0 Å². The Morgan fingerprint density at radius 1 is 1.46 bits per heavy atom. The lowest BCUT2D eigenvalue weighted by molar-refractivity contribution is -0.129. The van der Waals surface area contributed by atoms with E-state index < -0.39 is 0 Å². The molecule has 0 saturated carbocycles. The fourth-order valence-electron chi connectivity index (χ4n) is 1.06. The van der Waals surface area contributed by atoms with Gasteiger partial charge in [-0.1, -0.05) is 12.2 Å². The molecule has 0 spiro atoms. The van der Waals surface area contributed by atoms with Gasteiger partial charge in [0.05, 0.1) is 0 Å². The standard InChI is InChI=1S/C11H19NO/c1-6-8-10(13)12(9-7-2)11(3,4)5/h6-8H,2,9H2,1,3-5H3/b8-6+. The second-order valence-corrected chi connectivity index (χ2v) is 3.91. The maximum absolute atomic E-state index is 11.6. The summed E-state index contributed by atoms with van der Waals surface area (Å²) in [5.74, 6) is 0.0369. The number of carbonyl (C=O) groups excluding carboxylic acids is 1. The van der Waals surface area contributed by atoms with Gasteiger partial charge in [-0.05, 0) is 33.8 Å². The first-order valence-electron chi connectivity index (χ1n) is 4.48. The van der Waals surface area contributed by atoms with E-state index in [1.165, 1.54) is 0 Å². The van der Waals surface area contributed by atoms with Crippen LogP contribution < -0.4 is 0 Å². The van der Waals surface area contributed by atoms with E-state index >= 15 is 0 Å². The zero-order valence-electron chi connectivity index (χ0n) is 9.00. The Labute approximate surface area is 80.9 Å². The highest BCUT2D eigenvalue weighted by molar-refractivity contribution is 5.88. The second-order valence-electron chi connectivity index (χ2n) is 3.91. The molecule has 0 aromatic rings. The molecule has 0 aliphatic carbocycles. The zero-order valence-corrected chi connectivity index (χ0v) is 9.00. The first-order chi connectivity index (χ1) is 5.93. The number of nitrogens with zero attached hydrogens (tertiary/aromatic N) is 1. The van der Waals surface area contributed by atoms with Crippen molar-refractivity contribution in [3.8, 4) is 0 Å². The van der Waals surface area contributed by atoms with Crippen molar-refractivity contribution in [1.82, 2.24) is 4.90 Å². The fraction of sp³-hybridized carbons (Fsp3) is 0.545. The van der Waals surface area contributed by atoms with Crippen molar-refractivity contribution in [1.29, 1.82) is 0 Å². The minimum atomic E-state index is -0.148. The van der Waals surface area contributed by atoms with E-state index in [4.69, 9.17) is 0 Å². The summed E-state index contributed by atoms with van der Waals surface area (Å²) in [6, 6.07) is 0. The molecule has 0 rings (SSSR count). The van der Waals surface area contributed by atoms with Crippen LogP contribution in [-0.4, -0.2) is 22.9 Å². The Morgan fingerprint density at radius 2 is 2.00 bits per heavy atom. The van der Waals surface area contributed by atoms with Crippen LogP contribution in [-0.2, 0) is 4.79 Å². The summed E-state index contributed by atoms with van der Waals surface area (Å²) >= 11 is 0. The lowest BCUT2D eigenvalue weighted by Crippen LogP contribution is -2.44. The van der Waals surface area contributed by atoms with E-state index in [1.54, 1.807) is 23.1 Å². The maximum atomic E-state index is 11.6. The molecule has 0 N–H and O–H groups in total. The average molecular weight is 181 g/mol. The molecule has 0 bridgehead atoms. The van der Waals surface area contributed by atoms with Crippen molar-refractivity contribution >= 4 is 5.91 Å². The van der Waals surface area contributed by atoms with Crippen LogP contribution in [0.3, 0.4) is 0 Å². The maximum Gasteiger partial charge on any atom is 0.246 e. The highest BCUT2D eigenvalue weighted by Crippen LogP contribution is 2.13. The Morgan fingerprint density at radius 3 is 2.31 bits per heavy atom. The van der Waals surface area contributed by atoms with Crippen LogP contribution in [0.15, 0.2) is 24.8 Å². The summed E-state index contributed by atoms with van der Waals surface area (Å²) < 4.78 is 0. The summed E-state index contributed by atoms with van der Waals surface area (Å²) in [4.78, 5) is 13.3. The van der Waals surface area contributed by atoms with Gasteiger partial charge in [0.25, 0.3) is 0 Å². The van der Waals surface area contributed by atoms with Crippen molar-refractivity contribution in [3.63, 3.8) is 0 Å². The lowest BCUT2D eigenvalue weighted by Gasteiger charge is -2.34. The highest BCUT2D eigenvalue weighted by atomic mass is 16.2. The number of carbonyl (C=O) groups is 1. The molecule has 2 nitrogen and oxygen atoms in total. The third-order valence-electron chi connectivity index (χ3n) is 1.70. The number of hydrogen-bond donors (Lipinski definition) is 0. The van der Waals surface area contributed by atoms with Crippen molar-refractivity contribution in [3.05, 3.63) is 24.8 Å². The average Bonchev–Trinajstić information content (AvgIpc) is 1.98. The third-order valence-corrected chi connectivity index (χ3v) is 1.70. The SMILES string of the molecule is C=CCN(C(=O)/C=C/C)C(C)(C)C. The van der Waals surface area contributed by atoms with Crippen molar-refractivity contribution in [2.24, 2.45) is 0 Å². The van der Waals surface area contributed by atoms with Gasteiger partial charge >= 0.3 is 0 Å². The number of rotatable bonds is 3. The van der Waals surface area contributed by atoms with Crippen LogP contribution in [0, 0.1) is 0 Å². The molecular weight excluding hydrogens is 162 g/mol. The van der Waals surface area contributed by atoms with Gasteiger partial charge in [0.15, 0.2) is 0 Å². The molecule has 2 heteroatoms. The minimum Gasteiger partial charge on any atom is -0.331 e. The second kappa shape index (κ2) is 4.85. The summed E-state index contributed by atoms with van der Waals surface area (Å²) in [5.41, 5.74) is -0.148. The molecule has 0 atom stereocenters. The Balaban J connectivity index is 4.60. The molecule has 13 heavy (non-hydrogen) atoms. The Hall–Kier alpha value is -1.05. The van der Waals surface area contributed by atoms with Gasteiger partial charge in [0, 0.05) is 12.1 Å². The first kappa shape index (κ1) is 11.9. The molecule has 0 radical (unpaired) electrons. The minimum absolute atomic E-state index is 0.0369. The van der Waals surface area contributed by atoms with E-state index in [0.29, 0.717) is 6.54 Å². The smallest absolute Gasteiger partial charge is 0.246 e. The molecule has 0 aromatic carbocycles. The largest absolute Gasteiger partial charge is 0.331 e. The van der Waals surface area contributed by atoms with Crippen LogP contribution >= 0.6 is 0 Å². The van der Waals surface area contributed by atoms with E-state index in [-0.39, 0.29) is 11.4 Å². The molecule has 0 heterocycles. The summed E-state index contributed by atoms with van der Waals surface area (Å²) in [5, 5.41) is 0. The van der Waals surface area contributed by atoms with Crippen molar-refractivity contribution < 1.29 is 4.79 Å². The van der Waals surface area contributed by atoms with E-state index in [0.717, 1.165) is 0 Å². The number of hydrogen-bond acceptors (Lipinski definition) is 1. The monoisotopic (exact) mass is 181 g/mol. The van der Waals surface area contributed by atoms with E-state index in [1.807, 2.05) is 27.7 Å². The van der Waals surface area contributed by atoms with E-state index in [9.17, 15) is 4.79 Å². The molecule has 74 valence electrons. The zero-order chi connectivity index (χ0) is 10.5. The van der Waals surface area contributed by atoms with Crippen LogP contribution in [0.4, 0.5) is 0 Å².